The number of nitrogens with one attached hydrogen (secondary N) is 1. The Labute approximate surface area is 157 Å². The Hall–Kier alpha value is -3.27. The number of pyridine rings is 1. The predicted octanol–water partition coefficient (Wildman–Crippen LogP) is 0.543. The van der Waals surface area contributed by atoms with Gasteiger partial charge in [0.1, 0.15) is 11.5 Å². The van der Waals surface area contributed by atoms with Gasteiger partial charge < -0.3 is 15.7 Å². The summed E-state index contributed by atoms with van der Waals surface area (Å²) < 4.78 is 30.2. The van der Waals surface area contributed by atoms with Crippen molar-refractivity contribution < 1.29 is 23.5 Å². The third-order valence-electron chi connectivity index (χ3n) is 4.99. The molecule has 1 fully saturated rings. The van der Waals surface area contributed by atoms with Crippen LogP contribution in [0.1, 0.15) is 33.6 Å². The number of nitrogens with zero attached hydrogens (tertiary/aromatic N) is 2. The highest BCUT2D eigenvalue weighted by atomic mass is 19.1. The molecule has 0 aliphatic carbocycles. The summed E-state index contributed by atoms with van der Waals surface area (Å²) in [6.07, 6.45) is 0.280. The van der Waals surface area contributed by atoms with Crippen molar-refractivity contribution >= 4 is 23.3 Å². The number of aliphatic hydroxyl groups is 1. The van der Waals surface area contributed by atoms with Crippen molar-refractivity contribution in [2.75, 3.05) is 23.7 Å². The molecule has 10 heteroatoms. The highest BCUT2D eigenvalue weighted by Gasteiger charge is 2.32. The molecule has 1 aromatic heterocycles. The average molecular weight is 390 g/mol. The van der Waals surface area contributed by atoms with Gasteiger partial charge in [-0.25, -0.2) is 8.78 Å². The average Bonchev–Trinajstić information content (AvgIpc) is 2.90. The molecule has 0 atom stereocenters. The third-order valence-corrected chi connectivity index (χ3v) is 4.99. The van der Waals surface area contributed by atoms with Crippen LogP contribution in [-0.4, -0.2) is 40.7 Å². The normalized spacial score (nSPS) is 17.0. The van der Waals surface area contributed by atoms with Crippen LogP contribution in [-0.2, 0) is 0 Å². The number of carbonyl (C=O) groups is 2. The van der Waals surface area contributed by atoms with E-state index in [9.17, 15) is 28.3 Å². The molecule has 28 heavy (non-hydrogen) atoms. The number of nitrogens with two attached hydrogens (primary N) is 1. The van der Waals surface area contributed by atoms with Crippen LogP contribution in [0.4, 0.5) is 20.3 Å². The summed E-state index contributed by atoms with van der Waals surface area (Å²) in [5.74, 6) is -3.72. The first-order valence-electron chi connectivity index (χ1n) is 8.61. The van der Waals surface area contributed by atoms with E-state index in [1.807, 2.05) is 5.32 Å². The van der Waals surface area contributed by atoms with Crippen molar-refractivity contribution in [3.63, 3.8) is 0 Å². The molecule has 0 saturated carbocycles. The zero-order valence-electron chi connectivity index (χ0n) is 14.5. The lowest BCUT2D eigenvalue weighted by molar-refractivity contribution is 0.0880. The molecule has 2 amide bonds. The van der Waals surface area contributed by atoms with Gasteiger partial charge in [-0.2, -0.15) is 0 Å². The van der Waals surface area contributed by atoms with Gasteiger partial charge in [0.25, 0.3) is 17.4 Å². The molecule has 0 radical (unpaired) electrons. The number of piperidine rings is 1. The Kier molecular flexibility index (Phi) is 4.15. The number of anilines is 2. The van der Waals surface area contributed by atoms with Gasteiger partial charge in [0.05, 0.1) is 22.9 Å². The molecule has 0 unspecified atom stereocenters. The van der Waals surface area contributed by atoms with Crippen molar-refractivity contribution in [2.45, 2.75) is 18.9 Å². The molecular weight excluding hydrogens is 374 g/mol. The number of halogens is 2. The molecule has 4 N–H and O–H groups in total. The van der Waals surface area contributed by atoms with Gasteiger partial charge in [-0.1, -0.05) is 0 Å². The maximum absolute atomic E-state index is 14.7. The largest absolute Gasteiger partial charge is 0.393 e. The first kappa shape index (κ1) is 18.1. The number of carbonyl (C=O) groups excluding carboxylic acids is 2. The molecule has 0 spiro atoms. The molecule has 3 heterocycles. The van der Waals surface area contributed by atoms with Crippen LogP contribution in [0.15, 0.2) is 23.0 Å². The van der Waals surface area contributed by atoms with Crippen molar-refractivity contribution in [3.05, 3.63) is 51.3 Å². The standard InChI is InChI=1S/C18H16F2N4O4/c19-11-5-8(6-12(20)15(11)23-3-1-9(25)2-4-23)24-13(26)7-10-14(16(24)21)18(28)22-17(10)27/h5-7,9,25H,1-4,21H2,(H,22,27,28). The Balaban J connectivity index is 1.82. The molecule has 1 aromatic carbocycles. The number of hydrogen-bond acceptors (Lipinski definition) is 6. The number of hydrogen-bond donors (Lipinski definition) is 3. The fourth-order valence-corrected chi connectivity index (χ4v) is 3.62. The van der Waals surface area contributed by atoms with E-state index in [-0.39, 0.29) is 41.4 Å². The van der Waals surface area contributed by atoms with Crippen molar-refractivity contribution in [1.82, 2.24) is 9.88 Å². The highest BCUT2D eigenvalue weighted by Crippen LogP contribution is 2.30. The van der Waals surface area contributed by atoms with Gasteiger partial charge in [0, 0.05) is 31.3 Å². The summed E-state index contributed by atoms with van der Waals surface area (Å²) in [6.45, 7) is 0.579. The smallest absolute Gasteiger partial charge is 0.262 e. The molecule has 1 saturated heterocycles. The van der Waals surface area contributed by atoms with Gasteiger partial charge in [-0.15, -0.1) is 0 Å². The van der Waals surface area contributed by atoms with E-state index in [2.05, 4.69) is 0 Å². The lowest BCUT2D eigenvalue weighted by atomic mass is 10.1. The maximum Gasteiger partial charge on any atom is 0.262 e. The number of fused-ring (bicyclic) bond motifs is 1. The van der Waals surface area contributed by atoms with Gasteiger partial charge in [0.15, 0.2) is 11.6 Å². The van der Waals surface area contributed by atoms with Crippen LogP contribution in [0.3, 0.4) is 0 Å². The number of benzene rings is 1. The minimum atomic E-state index is -0.904. The number of aromatic nitrogens is 1. The fourth-order valence-electron chi connectivity index (χ4n) is 3.62. The van der Waals surface area contributed by atoms with Gasteiger partial charge in [-0.05, 0) is 12.8 Å². The second-order valence-corrected chi connectivity index (χ2v) is 6.75. The van der Waals surface area contributed by atoms with E-state index >= 15 is 0 Å². The Morgan fingerprint density at radius 3 is 2.25 bits per heavy atom. The summed E-state index contributed by atoms with van der Waals surface area (Å²) in [7, 11) is 0. The second-order valence-electron chi connectivity index (χ2n) is 6.75. The quantitative estimate of drug-likeness (QED) is 0.645. The first-order valence-corrected chi connectivity index (χ1v) is 8.61. The van der Waals surface area contributed by atoms with Crippen molar-refractivity contribution in [2.24, 2.45) is 0 Å². The maximum atomic E-state index is 14.7. The van der Waals surface area contributed by atoms with E-state index in [0.29, 0.717) is 12.8 Å². The lowest BCUT2D eigenvalue weighted by Gasteiger charge is -2.32. The Morgan fingerprint density at radius 2 is 1.64 bits per heavy atom. The molecule has 4 rings (SSSR count). The van der Waals surface area contributed by atoms with Crippen molar-refractivity contribution in [3.8, 4) is 5.69 Å². The van der Waals surface area contributed by atoms with E-state index < -0.39 is 35.1 Å². The topological polar surface area (TPSA) is 118 Å². The summed E-state index contributed by atoms with van der Waals surface area (Å²) in [5, 5.41) is 11.6. The number of imide groups is 1. The molecule has 8 nitrogen and oxygen atoms in total. The number of nitrogen functional groups attached to an aromatic ring is 1. The van der Waals surface area contributed by atoms with E-state index in [4.69, 9.17) is 5.73 Å². The number of rotatable bonds is 2. The minimum Gasteiger partial charge on any atom is -0.393 e. The van der Waals surface area contributed by atoms with Gasteiger partial charge in [0.2, 0.25) is 0 Å². The summed E-state index contributed by atoms with van der Waals surface area (Å²) >= 11 is 0. The van der Waals surface area contributed by atoms with Crippen LogP contribution < -0.4 is 21.5 Å². The number of amides is 2. The molecule has 2 aromatic rings. The van der Waals surface area contributed by atoms with E-state index in [0.717, 1.165) is 22.8 Å². The van der Waals surface area contributed by atoms with E-state index in [1.165, 1.54) is 4.90 Å². The summed E-state index contributed by atoms with van der Waals surface area (Å²) in [6, 6.07) is 2.80. The van der Waals surface area contributed by atoms with Crippen LogP contribution >= 0.6 is 0 Å². The molecule has 2 aliphatic heterocycles. The van der Waals surface area contributed by atoms with E-state index in [1.54, 1.807) is 0 Å². The van der Waals surface area contributed by atoms with Crippen LogP contribution in [0.25, 0.3) is 5.69 Å². The van der Waals surface area contributed by atoms with Gasteiger partial charge in [-0.3, -0.25) is 24.3 Å². The molecule has 0 bridgehead atoms. The SMILES string of the molecule is Nc1c2c(cc(=O)n1-c1cc(F)c(N3CCC(O)CC3)c(F)c1)C(=O)NC2=O. The first-order chi connectivity index (χ1) is 13.3. The lowest BCUT2D eigenvalue weighted by Crippen LogP contribution is -2.37. The monoisotopic (exact) mass is 390 g/mol. The molecular formula is C18H16F2N4O4. The zero-order chi connectivity index (χ0) is 20.2. The van der Waals surface area contributed by atoms with Crippen LogP contribution in [0.2, 0.25) is 0 Å². The van der Waals surface area contributed by atoms with Crippen molar-refractivity contribution in [1.29, 1.82) is 0 Å². The summed E-state index contributed by atoms with van der Waals surface area (Å²) in [5.41, 5.74) is 4.25. The Morgan fingerprint density at radius 1 is 1.04 bits per heavy atom. The Bertz CT molecular complexity index is 1050. The van der Waals surface area contributed by atoms with Crippen LogP contribution in [0, 0.1) is 11.6 Å². The molecule has 2 aliphatic rings. The minimum absolute atomic E-state index is 0.173. The van der Waals surface area contributed by atoms with Gasteiger partial charge >= 0.3 is 0 Å². The molecule has 146 valence electrons. The van der Waals surface area contributed by atoms with Crippen LogP contribution in [0.5, 0.6) is 0 Å². The second kappa shape index (κ2) is 6.41. The fraction of sp³-hybridized carbons (Fsp3) is 0.278. The highest BCUT2D eigenvalue weighted by molar-refractivity contribution is 6.23. The third kappa shape index (κ3) is 2.73. The zero-order valence-corrected chi connectivity index (χ0v) is 14.5. The number of aliphatic hydroxyl groups excluding tert-OH is 1. The summed E-state index contributed by atoms with van der Waals surface area (Å²) in [4.78, 5) is 37.5. The predicted molar refractivity (Wildman–Crippen MR) is 95.6 cm³/mol.